The van der Waals surface area contributed by atoms with Crippen LogP contribution in [-0.2, 0) is 0 Å². The van der Waals surface area contributed by atoms with Crippen LogP contribution in [0.2, 0.25) is 0 Å². The molecular weight excluding hydrogens is 208 g/mol. The maximum absolute atomic E-state index is 13.2. The number of hydrogen-bond donors (Lipinski definition) is 1. The molecule has 2 unspecified atom stereocenters. The third-order valence-electron chi connectivity index (χ3n) is 3.51. The van der Waals surface area contributed by atoms with Gasteiger partial charge in [-0.2, -0.15) is 0 Å². The molecule has 1 aliphatic rings. The van der Waals surface area contributed by atoms with Crippen molar-refractivity contribution in [3.8, 4) is 0 Å². The van der Waals surface area contributed by atoms with E-state index in [9.17, 15) is 8.78 Å². The summed E-state index contributed by atoms with van der Waals surface area (Å²) in [6.45, 7) is 2.17. The topological polar surface area (TPSA) is 12.0 Å². The van der Waals surface area contributed by atoms with Gasteiger partial charge < -0.3 is 5.32 Å². The van der Waals surface area contributed by atoms with Gasteiger partial charge in [0.1, 0.15) is 0 Å². The first-order valence-corrected chi connectivity index (χ1v) is 5.75. The van der Waals surface area contributed by atoms with Crippen LogP contribution in [0.25, 0.3) is 0 Å². The zero-order valence-electron chi connectivity index (χ0n) is 9.63. The van der Waals surface area contributed by atoms with Crippen LogP contribution in [0.1, 0.15) is 31.4 Å². The van der Waals surface area contributed by atoms with Gasteiger partial charge in [-0.3, -0.25) is 0 Å². The maximum atomic E-state index is 13.2. The monoisotopic (exact) mass is 225 g/mol. The molecule has 1 aromatic rings. The minimum atomic E-state index is -0.780. The lowest BCUT2D eigenvalue weighted by molar-refractivity contribution is 0.367. The summed E-state index contributed by atoms with van der Waals surface area (Å²) in [6.07, 6.45) is 2.51. The van der Waals surface area contributed by atoms with E-state index >= 15 is 0 Å². The van der Waals surface area contributed by atoms with Crippen LogP contribution in [0.3, 0.4) is 0 Å². The molecule has 16 heavy (non-hydrogen) atoms. The highest BCUT2D eigenvalue weighted by Crippen LogP contribution is 2.42. The number of halogens is 2. The average molecular weight is 225 g/mol. The normalized spacial score (nSPS) is 19.5. The number of hydrogen-bond acceptors (Lipinski definition) is 1. The summed E-state index contributed by atoms with van der Waals surface area (Å²) in [6, 6.07) is 4.28. The third kappa shape index (κ3) is 2.24. The Bertz CT molecular complexity index is 374. The van der Waals surface area contributed by atoms with Gasteiger partial charge in [0.2, 0.25) is 0 Å². The number of rotatable bonds is 4. The Kier molecular flexibility index (Phi) is 3.24. The van der Waals surface area contributed by atoms with E-state index in [1.807, 2.05) is 7.05 Å². The van der Waals surface area contributed by atoms with Crippen molar-refractivity contribution in [3.63, 3.8) is 0 Å². The Morgan fingerprint density at radius 2 is 1.94 bits per heavy atom. The van der Waals surface area contributed by atoms with Crippen LogP contribution < -0.4 is 5.32 Å². The van der Waals surface area contributed by atoms with E-state index in [0.29, 0.717) is 5.92 Å². The second-order valence-electron chi connectivity index (χ2n) is 4.64. The summed E-state index contributed by atoms with van der Waals surface area (Å²) in [5, 5.41) is 3.20. The molecule has 2 atom stereocenters. The maximum Gasteiger partial charge on any atom is 0.159 e. The molecule has 1 aliphatic carbocycles. The van der Waals surface area contributed by atoms with Crippen molar-refractivity contribution < 1.29 is 8.78 Å². The van der Waals surface area contributed by atoms with Crippen molar-refractivity contribution in [2.75, 3.05) is 7.05 Å². The van der Waals surface area contributed by atoms with E-state index in [1.54, 1.807) is 6.07 Å². The van der Waals surface area contributed by atoms with Crippen molar-refractivity contribution in [2.24, 2.45) is 11.8 Å². The molecule has 0 radical (unpaired) electrons. The summed E-state index contributed by atoms with van der Waals surface area (Å²) in [7, 11) is 1.87. The van der Waals surface area contributed by atoms with Crippen molar-refractivity contribution in [3.05, 3.63) is 35.4 Å². The van der Waals surface area contributed by atoms with Crippen LogP contribution in [0, 0.1) is 23.5 Å². The zero-order valence-corrected chi connectivity index (χ0v) is 9.63. The van der Waals surface area contributed by atoms with E-state index in [2.05, 4.69) is 12.2 Å². The van der Waals surface area contributed by atoms with E-state index < -0.39 is 11.6 Å². The van der Waals surface area contributed by atoms with Gasteiger partial charge in [-0.15, -0.1) is 0 Å². The Balaban J connectivity index is 2.21. The first-order chi connectivity index (χ1) is 7.63. The fourth-order valence-corrected chi connectivity index (χ4v) is 2.33. The first kappa shape index (κ1) is 11.5. The van der Waals surface area contributed by atoms with Gasteiger partial charge in [-0.1, -0.05) is 13.0 Å². The lowest BCUT2D eigenvalue weighted by atomic mass is 9.91. The Labute approximate surface area is 94.9 Å². The first-order valence-electron chi connectivity index (χ1n) is 5.75. The largest absolute Gasteiger partial charge is 0.313 e. The predicted molar refractivity (Wildman–Crippen MR) is 60.0 cm³/mol. The molecule has 88 valence electrons. The van der Waals surface area contributed by atoms with Crippen molar-refractivity contribution in [1.29, 1.82) is 0 Å². The SMILES string of the molecule is CNC(c1ccc(F)c(F)c1)C(C)C1CC1. The molecule has 2 rings (SSSR count). The molecule has 0 bridgehead atoms. The standard InChI is InChI=1S/C13H17F2N/c1-8(9-3-4-9)13(16-2)10-5-6-11(14)12(15)7-10/h5-9,13,16H,3-4H2,1-2H3. The van der Waals surface area contributed by atoms with E-state index in [1.165, 1.54) is 25.0 Å². The molecule has 0 saturated heterocycles. The highest BCUT2D eigenvalue weighted by Gasteiger charge is 2.33. The summed E-state index contributed by atoms with van der Waals surface area (Å²) in [5.41, 5.74) is 0.834. The molecule has 0 spiro atoms. The van der Waals surface area contributed by atoms with Crippen LogP contribution in [0.5, 0.6) is 0 Å². The number of nitrogens with one attached hydrogen (secondary N) is 1. The molecule has 0 aliphatic heterocycles. The lowest BCUT2D eigenvalue weighted by Crippen LogP contribution is -2.24. The highest BCUT2D eigenvalue weighted by atomic mass is 19.2. The molecule has 1 N–H and O–H groups in total. The molecule has 3 heteroatoms. The third-order valence-corrected chi connectivity index (χ3v) is 3.51. The molecule has 1 fully saturated rings. The van der Waals surface area contributed by atoms with Gasteiger partial charge >= 0.3 is 0 Å². The van der Waals surface area contributed by atoms with E-state index in [-0.39, 0.29) is 6.04 Å². The minimum absolute atomic E-state index is 0.114. The van der Waals surface area contributed by atoms with Crippen LogP contribution in [-0.4, -0.2) is 7.05 Å². The molecule has 1 aromatic carbocycles. The quantitative estimate of drug-likeness (QED) is 0.829. The van der Waals surface area contributed by atoms with Crippen LogP contribution in [0.15, 0.2) is 18.2 Å². The smallest absolute Gasteiger partial charge is 0.159 e. The lowest BCUT2D eigenvalue weighted by Gasteiger charge is -2.24. The Hall–Kier alpha value is -0.960. The fraction of sp³-hybridized carbons (Fsp3) is 0.538. The van der Waals surface area contributed by atoms with Gasteiger partial charge in [-0.25, -0.2) is 8.78 Å². The predicted octanol–water partition coefficient (Wildman–Crippen LogP) is 3.27. The van der Waals surface area contributed by atoms with Gasteiger partial charge in [0.05, 0.1) is 0 Å². The molecule has 0 heterocycles. The van der Waals surface area contributed by atoms with Gasteiger partial charge in [0, 0.05) is 6.04 Å². The van der Waals surface area contributed by atoms with E-state index in [0.717, 1.165) is 11.5 Å². The molecule has 1 saturated carbocycles. The van der Waals surface area contributed by atoms with Gasteiger partial charge in [0.25, 0.3) is 0 Å². The minimum Gasteiger partial charge on any atom is -0.313 e. The average Bonchev–Trinajstić information content (AvgIpc) is 3.07. The van der Waals surface area contributed by atoms with Gasteiger partial charge in [-0.05, 0) is 49.4 Å². The van der Waals surface area contributed by atoms with Crippen molar-refractivity contribution >= 4 is 0 Å². The van der Waals surface area contributed by atoms with Gasteiger partial charge in [0.15, 0.2) is 11.6 Å². The molecular formula is C13H17F2N. The van der Waals surface area contributed by atoms with Crippen molar-refractivity contribution in [2.45, 2.75) is 25.8 Å². The Morgan fingerprint density at radius 3 is 2.44 bits per heavy atom. The fourth-order valence-electron chi connectivity index (χ4n) is 2.33. The van der Waals surface area contributed by atoms with E-state index in [4.69, 9.17) is 0 Å². The summed E-state index contributed by atoms with van der Waals surface area (Å²) in [5.74, 6) is -0.348. The second-order valence-corrected chi connectivity index (χ2v) is 4.64. The zero-order chi connectivity index (χ0) is 11.7. The highest BCUT2D eigenvalue weighted by molar-refractivity contribution is 5.22. The number of benzene rings is 1. The van der Waals surface area contributed by atoms with Crippen molar-refractivity contribution in [1.82, 2.24) is 5.32 Å². The molecule has 1 nitrogen and oxygen atoms in total. The van der Waals surface area contributed by atoms with Crippen LogP contribution >= 0.6 is 0 Å². The summed E-state index contributed by atoms with van der Waals surface area (Å²) >= 11 is 0. The Morgan fingerprint density at radius 1 is 1.25 bits per heavy atom. The summed E-state index contributed by atoms with van der Waals surface area (Å²) < 4.78 is 26.0. The second kappa shape index (κ2) is 4.50. The molecule has 0 aromatic heterocycles. The summed E-state index contributed by atoms with van der Waals surface area (Å²) in [4.78, 5) is 0. The molecule has 0 amide bonds. The van der Waals surface area contributed by atoms with Crippen LogP contribution in [0.4, 0.5) is 8.78 Å².